The van der Waals surface area contributed by atoms with Crippen LogP contribution in [0.4, 0.5) is 21.7 Å². The molecule has 3 N–H and O–H groups in total. The van der Waals surface area contributed by atoms with Crippen LogP contribution in [0.5, 0.6) is 0 Å². The first-order valence-electron chi connectivity index (χ1n) is 4.60. The van der Waals surface area contributed by atoms with Gasteiger partial charge in [0.2, 0.25) is 0 Å². The molecule has 2 rings (SSSR count). The normalized spacial score (nSPS) is 10.1. The minimum atomic E-state index is -0.451. The lowest BCUT2D eigenvalue weighted by molar-refractivity contribution is 0.628. The molecule has 0 atom stereocenters. The zero-order valence-corrected chi connectivity index (χ0v) is 9.00. The first kappa shape index (κ1) is 10.7. The standard InChI is InChI=1S/C11H9ClFN3/c12-8-6-7(4-5-9(8)13)15-11-3-1-2-10(14)16-11/h1-6H,(H3,14,15,16). The van der Waals surface area contributed by atoms with E-state index in [0.29, 0.717) is 17.3 Å². The van der Waals surface area contributed by atoms with E-state index in [0.717, 1.165) is 0 Å². The maximum absolute atomic E-state index is 12.9. The summed E-state index contributed by atoms with van der Waals surface area (Å²) in [6, 6.07) is 9.57. The first-order valence-corrected chi connectivity index (χ1v) is 4.97. The molecule has 0 saturated carbocycles. The van der Waals surface area contributed by atoms with Crippen molar-refractivity contribution in [3.8, 4) is 0 Å². The fourth-order valence-corrected chi connectivity index (χ4v) is 1.42. The lowest BCUT2D eigenvalue weighted by Gasteiger charge is -2.06. The van der Waals surface area contributed by atoms with Crippen LogP contribution in [0.3, 0.4) is 0 Å². The molecule has 0 aliphatic heterocycles. The highest BCUT2D eigenvalue weighted by molar-refractivity contribution is 6.31. The number of nitrogen functional groups attached to an aromatic ring is 1. The number of rotatable bonds is 2. The Morgan fingerprint density at radius 2 is 2.06 bits per heavy atom. The topological polar surface area (TPSA) is 50.9 Å². The molecule has 0 bridgehead atoms. The van der Waals surface area contributed by atoms with E-state index in [1.165, 1.54) is 12.1 Å². The molecule has 0 amide bonds. The zero-order chi connectivity index (χ0) is 11.5. The molecule has 0 radical (unpaired) electrons. The van der Waals surface area contributed by atoms with E-state index in [1.54, 1.807) is 24.3 Å². The van der Waals surface area contributed by atoms with E-state index in [2.05, 4.69) is 10.3 Å². The van der Waals surface area contributed by atoms with E-state index >= 15 is 0 Å². The molecule has 0 fully saturated rings. The quantitative estimate of drug-likeness (QED) is 0.843. The number of nitrogens with one attached hydrogen (secondary N) is 1. The maximum atomic E-state index is 12.9. The third-order valence-corrected chi connectivity index (χ3v) is 2.25. The SMILES string of the molecule is Nc1cccc(Nc2ccc(F)c(Cl)c2)n1. The predicted octanol–water partition coefficient (Wildman–Crippen LogP) is 3.20. The van der Waals surface area contributed by atoms with Crippen LogP contribution in [0.1, 0.15) is 0 Å². The molecule has 16 heavy (non-hydrogen) atoms. The fourth-order valence-electron chi connectivity index (χ4n) is 1.24. The Hall–Kier alpha value is -1.81. The van der Waals surface area contributed by atoms with Gasteiger partial charge >= 0.3 is 0 Å². The molecule has 0 saturated heterocycles. The lowest BCUT2D eigenvalue weighted by atomic mass is 10.3. The Morgan fingerprint density at radius 3 is 2.75 bits per heavy atom. The van der Waals surface area contributed by atoms with Crippen LogP contribution in [-0.4, -0.2) is 4.98 Å². The Labute approximate surface area is 97.1 Å². The van der Waals surface area contributed by atoms with Gasteiger partial charge in [-0.2, -0.15) is 0 Å². The molecule has 3 nitrogen and oxygen atoms in total. The maximum Gasteiger partial charge on any atom is 0.141 e. The van der Waals surface area contributed by atoms with Crippen LogP contribution in [-0.2, 0) is 0 Å². The van der Waals surface area contributed by atoms with Crippen LogP contribution < -0.4 is 11.1 Å². The highest BCUT2D eigenvalue weighted by Crippen LogP contribution is 2.22. The van der Waals surface area contributed by atoms with Gasteiger partial charge in [-0.1, -0.05) is 17.7 Å². The van der Waals surface area contributed by atoms with Crippen molar-refractivity contribution in [3.05, 3.63) is 47.2 Å². The second-order valence-corrected chi connectivity index (χ2v) is 3.61. The Balaban J connectivity index is 2.24. The highest BCUT2D eigenvalue weighted by atomic mass is 35.5. The summed E-state index contributed by atoms with van der Waals surface area (Å²) in [5.41, 5.74) is 6.19. The Morgan fingerprint density at radius 1 is 1.25 bits per heavy atom. The predicted molar refractivity (Wildman–Crippen MR) is 63.3 cm³/mol. The average Bonchev–Trinajstić information content (AvgIpc) is 2.24. The molecular weight excluding hydrogens is 229 g/mol. The number of aromatic nitrogens is 1. The van der Waals surface area contributed by atoms with Crippen molar-refractivity contribution < 1.29 is 4.39 Å². The van der Waals surface area contributed by atoms with Crippen LogP contribution in [0.2, 0.25) is 5.02 Å². The van der Waals surface area contributed by atoms with Gasteiger partial charge < -0.3 is 11.1 Å². The van der Waals surface area contributed by atoms with Gasteiger partial charge in [0.1, 0.15) is 17.5 Å². The van der Waals surface area contributed by atoms with Crippen molar-refractivity contribution in [1.82, 2.24) is 4.98 Å². The Bertz CT molecular complexity index is 516. The van der Waals surface area contributed by atoms with Gasteiger partial charge in [-0.05, 0) is 30.3 Å². The van der Waals surface area contributed by atoms with Crippen LogP contribution in [0.15, 0.2) is 36.4 Å². The largest absolute Gasteiger partial charge is 0.384 e. The average molecular weight is 238 g/mol. The highest BCUT2D eigenvalue weighted by Gasteiger charge is 2.01. The number of benzene rings is 1. The van der Waals surface area contributed by atoms with E-state index < -0.39 is 5.82 Å². The van der Waals surface area contributed by atoms with E-state index in [1.807, 2.05) is 0 Å². The molecule has 5 heteroatoms. The lowest BCUT2D eigenvalue weighted by Crippen LogP contribution is -1.96. The number of pyridine rings is 1. The number of nitrogens with zero attached hydrogens (tertiary/aromatic N) is 1. The van der Waals surface area contributed by atoms with Crippen LogP contribution >= 0.6 is 11.6 Å². The number of hydrogen-bond donors (Lipinski definition) is 2. The van der Waals surface area contributed by atoms with Crippen molar-refractivity contribution >= 4 is 28.9 Å². The van der Waals surface area contributed by atoms with Gasteiger partial charge in [0.15, 0.2) is 0 Å². The van der Waals surface area contributed by atoms with Crippen molar-refractivity contribution in [2.24, 2.45) is 0 Å². The summed E-state index contributed by atoms with van der Waals surface area (Å²) in [6.45, 7) is 0. The van der Waals surface area contributed by atoms with Crippen LogP contribution in [0, 0.1) is 5.82 Å². The molecule has 2 aromatic rings. The third-order valence-electron chi connectivity index (χ3n) is 1.96. The Kier molecular flexibility index (Phi) is 2.92. The van der Waals surface area contributed by atoms with Gasteiger partial charge in [-0.25, -0.2) is 9.37 Å². The fraction of sp³-hybridized carbons (Fsp3) is 0. The van der Waals surface area contributed by atoms with Gasteiger partial charge in [0, 0.05) is 5.69 Å². The molecule has 0 aliphatic rings. The van der Waals surface area contributed by atoms with E-state index in [9.17, 15) is 4.39 Å². The van der Waals surface area contributed by atoms with Gasteiger partial charge in [-0.3, -0.25) is 0 Å². The summed E-state index contributed by atoms with van der Waals surface area (Å²) in [5, 5.41) is 3.03. The summed E-state index contributed by atoms with van der Waals surface area (Å²) in [6.07, 6.45) is 0. The second kappa shape index (κ2) is 4.37. The molecular formula is C11H9ClFN3. The molecule has 1 aromatic carbocycles. The summed E-state index contributed by atoms with van der Waals surface area (Å²) in [5.74, 6) is 0.550. The summed E-state index contributed by atoms with van der Waals surface area (Å²) < 4.78 is 12.9. The first-order chi connectivity index (χ1) is 7.65. The van der Waals surface area contributed by atoms with Crippen molar-refractivity contribution in [1.29, 1.82) is 0 Å². The molecule has 1 aromatic heterocycles. The van der Waals surface area contributed by atoms with Crippen LogP contribution in [0.25, 0.3) is 0 Å². The van der Waals surface area contributed by atoms with Gasteiger partial charge in [0.25, 0.3) is 0 Å². The molecule has 0 spiro atoms. The minimum Gasteiger partial charge on any atom is -0.384 e. The smallest absolute Gasteiger partial charge is 0.141 e. The van der Waals surface area contributed by atoms with Crippen molar-refractivity contribution in [2.75, 3.05) is 11.1 Å². The summed E-state index contributed by atoms with van der Waals surface area (Å²) in [7, 11) is 0. The monoisotopic (exact) mass is 237 g/mol. The summed E-state index contributed by atoms with van der Waals surface area (Å²) >= 11 is 5.65. The molecule has 0 aliphatic carbocycles. The van der Waals surface area contributed by atoms with Crippen molar-refractivity contribution in [3.63, 3.8) is 0 Å². The number of nitrogens with two attached hydrogens (primary N) is 1. The minimum absolute atomic E-state index is 0.0638. The molecule has 82 valence electrons. The van der Waals surface area contributed by atoms with Gasteiger partial charge in [-0.15, -0.1) is 0 Å². The zero-order valence-electron chi connectivity index (χ0n) is 8.24. The third kappa shape index (κ3) is 2.41. The van der Waals surface area contributed by atoms with Crippen molar-refractivity contribution in [2.45, 2.75) is 0 Å². The van der Waals surface area contributed by atoms with E-state index in [-0.39, 0.29) is 5.02 Å². The number of halogens is 2. The summed E-state index contributed by atoms with van der Waals surface area (Å²) in [4.78, 5) is 4.05. The van der Waals surface area contributed by atoms with E-state index in [4.69, 9.17) is 17.3 Å². The number of hydrogen-bond acceptors (Lipinski definition) is 3. The number of anilines is 3. The van der Waals surface area contributed by atoms with Gasteiger partial charge in [0.05, 0.1) is 5.02 Å². The molecule has 0 unspecified atom stereocenters. The second-order valence-electron chi connectivity index (χ2n) is 3.20. The molecule has 1 heterocycles.